The summed E-state index contributed by atoms with van der Waals surface area (Å²) in [5.41, 5.74) is 3.28. The number of benzene rings is 1. The Labute approximate surface area is 144 Å². The van der Waals surface area contributed by atoms with Crippen molar-refractivity contribution in [3.05, 3.63) is 52.2 Å². The molecule has 3 aromatic rings. The van der Waals surface area contributed by atoms with Crippen molar-refractivity contribution in [1.29, 1.82) is 0 Å². The molecule has 1 atom stereocenters. The highest BCUT2D eigenvalue weighted by atomic mass is 16.5. The van der Waals surface area contributed by atoms with Crippen molar-refractivity contribution < 1.29 is 9.53 Å². The molecule has 0 aliphatic rings. The van der Waals surface area contributed by atoms with Gasteiger partial charge >= 0.3 is 5.97 Å². The van der Waals surface area contributed by atoms with Crippen LogP contribution in [-0.4, -0.2) is 31.9 Å². The molecule has 0 radical (unpaired) electrons. The molecule has 0 saturated heterocycles. The van der Waals surface area contributed by atoms with Gasteiger partial charge in [0.25, 0.3) is 5.56 Å². The third-order valence-electron chi connectivity index (χ3n) is 4.29. The van der Waals surface area contributed by atoms with E-state index in [4.69, 9.17) is 4.74 Å². The lowest BCUT2D eigenvalue weighted by Crippen LogP contribution is -2.29. The highest BCUT2D eigenvalue weighted by Crippen LogP contribution is 2.17. The van der Waals surface area contributed by atoms with E-state index in [1.54, 1.807) is 18.5 Å². The zero-order valence-corrected chi connectivity index (χ0v) is 14.7. The number of esters is 1. The van der Waals surface area contributed by atoms with Crippen molar-refractivity contribution in [3.8, 4) is 5.69 Å². The fraction of sp³-hybridized carbons (Fsp3) is 0.333. The summed E-state index contributed by atoms with van der Waals surface area (Å²) in [6.07, 6.45) is 2.85. The second-order valence-corrected chi connectivity index (χ2v) is 5.95. The van der Waals surface area contributed by atoms with Gasteiger partial charge in [0.2, 0.25) is 0 Å². The third kappa shape index (κ3) is 2.93. The van der Waals surface area contributed by atoms with Gasteiger partial charge in [-0.3, -0.25) is 9.36 Å². The van der Waals surface area contributed by atoms with Gasteiger partial charge in [-0.15, -0.1) is 0 Å². The summed E-state index contributed by atoms with van der Waals surface area (Å²) in [5.74, 6) is -0.465. The molecule has 0 aliphatic carbocycles. The van der Waals surface area contributed by atoms with E-state index in [9.17, 15) is 9.59 Å². The van der Waals surface area contributed by atoms with Crippen LogP contribution < -0.4 is 5.56 Å². The largest absolute Gasteiger partial charge is 0.464 e. The number of aryl methyl sites for hydroxylation is 2. The van der Waals surface area contributed by atoms with E-state index in [0.29, 0.717) is 11.0 Å². The van der Waals surface area contributed by atoms with Gasteiger partial charge < -0.3 is 4.74 Å². The maximum atomic E-state index is 12.7. The molecule has 7 heteroatoms. The van der Waals surface area contributed by atoms with Crippen molar-refractivity contribution in [2.45, 2.75) is 33.7 Å². The van der Waals surface area contributed by atoms with E-state index in [2.05, 4.69) is 10.1 Å². The van der Waals surface area contributed by atoms with Crippen LogP contribution in [0.25, 0.3) is 16.7 Å². The Kier molecular flexibility index (Phi) is 4.39. The molecule has 7 nitrogen and oxygen atoms in total. The predicted molar refractivity (Wildman–Crippen MR) is 93.9 cm³/mol. The first-order valence-electron chi connectivity index (χ1n) is 8.13. The second kappa shape index (κ2) is 6.51. The molecule has 0 unspecified atom stereocenters. The molecule has 0 saturated carbocycles. The molecule has 1 aromatic carbocycles. The molecule has 130 valence electrons. The zero-order valence-electron chi connectivity index (χ0n) is 14.7. The third-order valence-corrected chi connectivity index (χ3v) is 4.29. The molecule has 0 N–H and O–H groups in total. The Morgan fingerprint density at radius 1 is 1.28 bits per heavy atom. The van der Waals surface area contributed by atoms with E-state index in [1.807, 2.05) is 32.0 Å². The van der Waals surface area contributed by atoms with E-state index in [0.717, 1.165) is 11.3 Å². The van der Waals surface area contributed by atoms with Gasteiger partial charge in [0, 0.05) is 0 Å². The van der Waals surface area contributed by atoms with Gasteiger partial charge in [-0.25, -0.2) is 14.5 Å². The lowest BCUT2D eigenvalue weighted by molar-refractivity contribution is -0.146. The summed E-state index contributed by atoms with van der Waals surface area (Å²) in [7, 11) is 0. The Balaban J connectivity index is 2.09. The SMILES string of the molecule is CCOC(=O)[C@H](C)n1cnc2c(cnn2-c2ccc(C)c(C)c2)c1=O. The first-order valence-corrected chi connectivity index (χ1v) is 8.13. The van der Waals surface area contributed by atoms with E-state index in [1.165, 1.54) is 22.7 Å². The Bertz CT molecular complexity index is 1000. The van der Waals surface area contributed by atoms with E-state index >= 15 is 0 Å². The minimum Gasteiger partial charge on any atom is -0.464 e. The topological polar surface area (TPSA) is 79.0 Å². The number of aromatic nitrogens is 4. The fourth-order valence-corrected chi connectivity index (χ4v) is 2.62. The zero-order chi connectivity index (χ0) is 18.1. The average molecular weight is 340 g/mol. The van der Waals surface area contributed by atoms with Crippen LogP contribution in [-0.2, 0) is 9.53 Å². The number of rotatable bonds is 4. The van der Waals surface area contributed by atoms with Gasteiger partial charge in [0.05, 0.1) is 18.5 Å². The number of nitrogens with zero attached hydrogens (tertiary/aromatic N) is 4. The Morgan fingerprint density at radius 3 is 2.72 bits per heavy atom. The number of hydrogen-bond acceptors (Lipinski definition) is 5. The number of carbonyl (C=O) groups excluding carboxylic acids is 1. The first kappa shape index (κ1) is 16.9. The summed E-state index contributed by atoms with van der Waals surface area (Å²) < 4.78 is 7.87. The summed E-state index contributed by atoms with van der Waals surface area (Å²) >= 11 is 0. The van der Waals surface area contributed by atoms with Gasteiger partial charge in [-0.2, -0.15) is 5.10 Å². The maximum Gasteiger partial charge on any atom is 0.328 e. The van der Waals surface area contributed by atoms with Crippen LogP contribution in [0, 0.1) is 13.8 Å². The maximum absolute atomic E-state index is 12.7. The van der Waals surface area contributed by atoms with Gasteiger partial charge in [-0.05, 0) is 51.0 Å². The van der Waals surface area contributed by atoms with Crippen molar-refractivity contribution in [2.24, 2.45) is 0 Å². The van der Waals surface area contributed by atoms with Gasteiger partial charge in [0.1, 0.15) is 17.8 Å². The molecule has 0 aliphatic heterocycles. The molecule has 0 fully saturated rings. The number of ether oxygens (including phenoxy) is 1. The highest BCUT2D eigenvalue weighted by molar-refractivity contribution is 5.77. The molecule has 0 bridgehead atoms. The van der Waals surface area contributed by atoms with Crippen LogP contribution in [0.1, 0.15) is 31.0 Å². The minimum atomic E-state index is -0.741. The van der Waals surface area contributed by atoms with Crippen LogP contribution in [0.5, 0.6) is 0 Å². The van der Waals surface area contributed by atoms with Crippen LogP contribution in [0.3, 0.4) is 0 Å². The smallest absolute Gasteiger partial charge is 0.328 e. The summed E-state index contributed by atoms with van der Waals surface area (Å²) in [6.45, 7) is 7.65. The van der Waals surface area contributed by atoms with Crippen LogP contribution >= 0.6 is 0 Å². The normalized spacial score (nSPS) is 12.3. The Hall–Kier alpha value is -2.96. The van der Waals surface area contributed by atoms with E-state index < -0.39 is 12.0 Å². The predicted octanol–water partition coefficient (Wildman–Crippen LogP) is 2.32. The molecule has 0 amide bonds. The molecule has 0 spiro atoms. The lowest BCUT2D eigenvalue weighted by Gasteiger charge is -2.13. The summed E-state index contributed by atoms with van der Waals surface area (Å²) in [6, 6.07) is 5.19. The van der Waals surface area contributed by atoms with Crippen molar-refractivity contribution in [2.75, 3.05) is 6.61 Å². The molecular weight excluding hydrogens is 320 g/mol. The molecule has 2 aromatic heterocycles. The second-order valence-electron chi connectivity index (χ2n) is 5.95. The van der Waals surface area contributed by atoms with Gasteiger partial charge in [0.15, 0.2) is 5.65 Å². The van der Waals surface area contributed by atoms with Crippen LogP contribution in [0.4, 0.5) is 0 Å². The summed E-state index contributed by atoms with van der Waals surface area (Å²) in [5, 5.41) is 4.66. The molecule has 25 heavy (non-hydrogen) atoms. The molecule has 3 rings (SSSR count). The van der Waals surface area contributed by atoms with Crippen molar-refractivity contribution in [1.82, 2.24) is 19.3 Å². The first-order chi connectivity index (χ1) is 11.9. The number of fused-ring (bicyclic) bond motifs is 1. The average Bonchev–Trinajstić information content (AvgIpc) is 3.02. The van der Waals surface area contributed by atoms with Crippen molar-refractivity contribution >= 4 is 17.0 Å². The van der Waals surface area contributed by atoms with Crippen LogP contribution in [0.2, 0.25) is 0 Å². The number of hydrogen-bond donors (Lipinski definition) is 0. The standard InChI is InChI=1S/C18H20N4O3/c1-5-25-18(24)13(4)21-10-19-16-15(17(21)23)9-20-22(16)14-7-6-11(2)12(3)8-14/h6-10,13H,5H2,1-4H3/t13-/m0/s1. The molecule has 2 heterocycles. The van der Waals surface area contributed by atoms with Crippen molar-refractivity contribution in [3.63, 3.8) is 0 Å². The minimum absolute atomic E-state index is 0.262. The highest BCUT2D eigenvalue weighted by Gasteiger charge is 2.20. The molecular formula is C18H20N4O3. The number of carbonyl (C=O) groups is 1. The van der Waals surface area contributed by atoms with Crippen LogP contribution in [0.15, 0.2) is 35.5 Å². The Morgan fingerprint density at radius 2 is 2.04 bits per heavy atom. The fourth-order valence-electron chi connectivity index (χ4n) is 2.62. The quantitative estimate of drug-likeness (QED) is 0.681. The lowest BCUT2D eigenvalue weighted by atomic mass is 10.1. The summed E-state index contributed by atoms with van der Waals surface area (Å²) in [4.78, 5) is 29.0. The van der Waals surface area contributed by atoms with E-state index in [-0.39, 0.29) is 12.2 Å². The van der Waals surface area contributed by atoms with Gasteiger partial charge in [-0.1, -0.05) is 6.07 Å². The monoisotopic (exact) mass is 340 g/mol.